The quantitative estimate of drug-likeness (QED) is 0.726. The molecule has 2 aromatic rings. The molecule has 0 saturated carbocycles. The van der Waals surface area contributed by atoms with Crippen LogP contribution in [-0.2, 0) is 10.4 Å². The van der Waals surface area contributed by atoms with E-state index in [1.165, 1.54) is 6.26 Å². The van der Waals surface area contributed by atoms with E-state index in [4.69, 9.17) is 16.0 Å². The van der Waals surface area contributed by atoms with Crippen molar-refractivity contribution in [3.63, 3.8) is 0 Å². The van der Waals surface area contributed by atoms with E-state index >= 15 is 0 Å². The van der Waals surface area contributed by atoms with E-state index in [1.807, 2.05) is 6.92 Å². The van der Waals surface area contributed by atoms with Gasteiger partial charge in [-0.3, -0.25) is 4.79 Å². The summed E-state index contributed by atoms with van der Waals surface area (Å²) < 4.78 is 5.22. The summed E-state index contributed by atoms with van der Waals surface area (Å²) >= 11 is 5.80. The topological polar surface area (TPSA) is 74.5 Å². The number of anilines is 1. The third-order valence-electron chi connectivity index (χ3n) is 3.47. The van der Waals surface area contributed by atoms with Gasteiger partial charge in [-0.1, -0.05) is 11.6 Å². The Kier molecular flexibility index (Phi) is 5.82. The minimum Gasteiger partial charge on any atom is -0.466 e. The molecule has 5 nitrogen and oxygen atoms in total. The first kappa shape index (κ1) is 17.5. The van der Waals surface area contributed by atoms with Gasteiger partial charge in [0, 0.05) is 29.7 Å². The van der Waals surface area contributed by atoms with E-state index in [2.05, 4.69) is 10.6 Å². The Hall–Kier alpha value is -1.82. The second-order valence-electron chi connectivity index (χ2n) is 5.79. The zero-order valence-electron chi connectivity index (χ0n) is 13.2. The molecule has 6 heteroatoms. The fourth-order valence-corrected chi connectivity index (χ4v) is 2.27. The average Bonchev–Trinajstić information content (AvgIpc) is 3.03. The molecule has 1 aromatic carbocycles. The number of aliphatic hydroxyl groups is 1. The minimum atomic E-state index is -1.12. The number of benzene rings is 1. The molecule has 0 spiro atoms. The summed E-state index contributed by atoms with van der Waals surface area (Å²) in [7, 11) is 0. The van der Waals surface area contributed by atoms with Crippen molar-refractivity contribution in [1.29, 1.82) is 0 Å². The predicted octanol–water partition coefficient (Wildman–Crippen LogP) is 3.15. The summed E-state index contributed by atoms with van der Waals surface area (Å²) in [5.74, 6) is 0.382. The lowest BCUT2D eigenvalue weighted by molar-refractivity contribution is -0.116. The van der Waals surface area contributed by atoms with Gasteiger partial charge in [0.2, 0.25) is 5.91 Å². The summed E-state index contributed by atoms with van der Waals surface area (Å²) in [4.78, 5) is 12.0. The molecule has 3 N–H and O–H groups in total. The maximum absolute atomic E-state index is 12.0. The van der Waals surface area contributed by atoms with Crippen molar-refractivity contribution in [1.82, 2.24) is 5.32 Å². The molecule has 0 saturated heterocycles. The molecule has 0 radical (unpaired) electrons. The van der Waals surface area contributed by atoms with Crippen molar-refractivity contribution >= 4 is 23.2 Å². The molecule has 0 aliphatic rings. The van der Waals surface area contributed by atoms with Gasteiger partial charge in [-0.15, -0.1) is 0 Å². The van der Waals surface area contributed by atoms with Gasteiger partial charge >= 0.3 is 0 Å². The molecule has 0 unspecified atom stereocenters. The fourth-order valence-electron chi connectivity index (χ4n) is 2.14. The highest BCUT2D eigenvalue weighted by Gasteiger charge is 2.26. The SMILES string of the molecule is C[C@@H](CC(=O)Nc1ccc(Cl)cc1)NC[C@@](C)(O)c1ccco1. The van der Waals surface area contributed by atoms with Gasteiger partial charge in [-0.05, 0) is 50.2 Å². The highest BCUT2D eigenvalue weighted by atomic mass is 35.5. The standard InChI is InChI=1S/C17H21ClN2O3/c1-12(19-11-17(2,22)15-4-3-9-23-15)10-16(21)20-14-7-5-13(18)6-8-14/h3-9,12,19,22H,10-11H2,1-2H3,(H,20,21)/t12-,17+/m0/s1. The lowest BCUT2D eigenvalue weighted by Gasteiger charge is -2.24. The summed E-state index contributed by atoms with van der Waals surface area (Å²) in [5, 5.41) is 16.9. The van der Waals surface area contributed by atoms with E-state index in [0.29, 0.717) is 16.5 Å². The molecule has 2 atom stereocenters. The Bertz CT molecular complexity index is 624. The molecular weight excluding hydrogens is 316 g/mol. The molecule has 0 aliphatic carbocycles. The average molecular weight is 337 g/mol. The zero-order valence-corrected chi connectivity index (χ0v) is 13.9. The number of hydrogen-bond donors (Lipinski definition) is 3. The first-order valence-corrected chi connectivity index (χ1v) is 7.80. The summed E-state index contributed by atoms with van der Waals surface area (Å²) in [5.41, 5.74) is -0.418. The maximum atomic E-state index is 12.0. The predicted molar refractivity (Wildman–Crippen MR) is 90.4 cm³/mol. The van der Waals surface area contributed by atoms with Crippen LogP contribution in [0.1, 0.15) is 26.0 Å². The smallest absolute Gasteiger partial charge is 0.225 e. The Morgan fingerprint density at radius 2 is 2.04 bits per heavy atom. The van der Waals surface area contributed by atoms with Crippen LogP contribution in [0.4, 0.5) is 5.69 Å². The molecular formula is C17H21ClN2O3. The van der Waals surface area contributed by atoms with Crippen LogP contribution in [0.25, 0.3) is 0 Å². The highest BCUT2D eigenvalue weighted by Crippen LogP contribution is 2.20. The largest absolute Gasteiger partial charge is 0.466 e. The Morgan fingerprint density at radius 3 is 2.65 bits per heavy atom. The second-order valence-corrected chi connectivity index (χ2v) is 6.23. The van der Waals surface area contributed by atoms with Gasteiger partial charge in [-0.2, -0.15) is 0 Å². The molecule has 1 aromatic heterocycles. The summed E-state index contributed by atoms with van der Waals surface area (Å²) in [6.45, 7) is 3.84. The van der Waals surface area contributed by atoms with Gasteiger partial charge in [0.1, 0.15) is 11.4 Å². The lowest BCUT2D eigenvalue weighted by Crippen LogP contribution is -2.40. The third-order valence-corrected chi connectivity index (χ3v) is 3.72. The van der Waals surface area contributed by atoms with Crippen molar-refractivity contribution in [2.75, 3.05) is 11.9 Å². The Morgan fingerprint density at radius 1 is 1.35 bits per heavy atom. The highest BCUT2D eigenvalue weighted by molar-refractivity contribution is 6.30. The number of nitrogens with one attached hydrogen (secondary N) is 2. The van der Waals surface area contributed by atoms with Gasteiger partial charge in [0.15, 0.2) is 0 Å². The molecule has 0 aliphatic heterocycles. The fraction of sp³-hybridized carbons (Fsp3) is 0.353. The zero-order chi connectivity index (χ0) is 16.9. The van der Waals surface area contributed by atoms with Crippen LogP contribution >= 0.6 is 11.6 Å². The Balaban J connectivity index is 1.79. The summed E-state index contributed by atoms with van der Waals surface area (Å²) in [6.07, 6.45) is 1.81. The molecule has 1 amide bonds. The van der Waals surface area contributed by atoms with Crippen molar-refractivity contribution in [2.45, 2.75) is 31.9 Å². The first-order valence-electron chi connectivity index (χ1n) is 7.42. The van der Waals surface area contributed by atoms with E-state index < -0.39 is 5.60 Å². The first-order chi connectivity index (χ1) is 10.9. The van der Waals surface area contributed by atoms with Crippen LogP contribution < -0.4 is 10.6 Å². The van der Waals surface area contributed by atoms with Gasteiger partial charge in [0.25, 0.3) is 0 Å². The van der Waals surface area contributed by atoms with Crippen molar-refractivity contribution in [3.05, 3.63) is 53.4 Å². The summed E-state index contributed by atoms with van der Waals surface area (Å²) in [6, 6.07) is 10.3. The van der Waals surface area contributed by atoms with Crippen LogP contribution in [0.15, 0.2) is 47.1 Å². The van der Waals surface area contributed by atoms with Crippen molar-refractivity contribution in [2.24, 2.45) is 0 Å². The Labute approximate surface area is 140 Å². The number of hydrogen-bond acceptors (Lipinski definition) is 4. The van der Waals surface area contributed by atoms with Gasteiger partial charge in [0.05, 0.1) is 6.26 Å². The van der Waals surface area contributed by atoms with E-state index in [9.17, 15) is 9.90 Å². The molecule has 124 valence electrons. The van der Waals surface area contributed by atoms with Crippen LogP contribution in [0.3, 0.4) is 0 Å². The molecule has 23 heavy (non-hydrogen) atoms. The lowest BCUT2D eigenvalue weighted by atomic mass is 10.0. The monoisotopic (exact) mass is 336 g/mol. The van der Waals surface area contributed by atoms with Crippen LogP contribution in [0.2, 0.25) is 5.02 Å². The van der Waals surface area contributed by atoms with Gasteiger partial charge < -0.3 is 20.2 Å². The number of halogens is 1. The van der Waals surface area contributed by atoms with E-state index in [0.717, 1.165) is 0 Å². The number of furan rings is 1. The van der Waals surface area contributed by atoms with Crippen LogP contribution in [-0.4, -0.2) is 23.6 Å². The number of amides is 1. The maximum Gasteiger partial charge on any atom is 0.225 e. The normalized spacial score (nSPS) is 15.0. The number of rotatable bonds is 7. The third kappa shape index (κ3) is 5.39. The minimum absolute atomic E-state index is 0.0938. The van der Waals surface area contributed by atoms with Crippen molar-refractivity contribution in [3.8, 4) is 0 Å². The van der Waals surface area contributed by atoms with E-state index in [-0.39, 0.29) is 24.9 Å². The van der Waals surface area contributed by atoms with E-state index in [1.54, 1.807) is 43.3 Å². The molecule has 0 fully saturated rings. The molecule has 0 bridgehead atoms. The van der Waals surface area contributed by atoms with Gasteiger partial charge in [-0.25, -0.2) is 0 Å². The van der Waals surface area contributed by atoms with Crippen LogP contribution in [0, 0.1) is 0 Å². The second kappa shape index (κ2) is 7.64. The molecule has 2 rings (SSSR count). The number of carbonyl (C=O) groups excluding carboxylic acids is 1. The molecule has 1 heterocycles. The van der Waals surface area contributed by atoms with Crippen LogP contribution in [0.5, 0.6) is 0 Å². The van der Waals surface area contributed by atoms with Crippen molar-refractivity contribution < 1.29 is 14.3 Å². The number of carbonyl (C=O) groups is 1.